The molecule has 1 aliphatic heterocycles. The van der Waals surface area contributed by atoms with Gasteiger partial charge in [0.1, 0.15) is 11.7 Å². The number of aliphatic hydroxyl groups excluding tert-OH is 1. The van der Waals surface area contributed by atoms with Gasteiger partial charge in [0.15, 0.2) is 0 Å². The first kappa shape index (κ1) is 21.3. The van der Waals surface area contributed by atoms with E-state index < -0.39 is 17.7 Å². The maximum Gasteiger partial charge on any atom is 0.410 e. The highest BCUT2D eigenvalue weighted by Gasteiger charge is 2.26. The zero-order valence-corrected chi connectivity index (χ0v) is 15.8. The van der Waals surface area contributed by atoms with Crippen molar-refractivity contribution in [2.24, 2.45) is 5.92 Å². The molecule has 0 unspecified atom stereocenters. The van der Waals surface area contributed by atoms with Crippen LogP contribution in [-0.2, 0) is 14.3 Å². The topological polar surface area (TPSA) is 76.1 Å². The highest BCUT2D eigenvalue weighted by atomic mass is 16.6. The van der Waals surface area contributed by atoms with Gasteiger partial charge in [-0.1, -0.05) is 12.3 Å². The molecular formula is C19H31NO5. The van der Waals surface area contributed by atoms with Crippen molar-refractivity contribution in [2.45, 2.75) is 71.5 Å². The van der Waals surface area contributed by atoms with Crippen LogP contribution in [0.5, 0.6) is 0 Å². The number of piperidine rings is 1. The first-order valence-electron chi connectivity index (χ1n) is 9.05. The molecular weight excluding hydrogens is 322 g/mol. The van der Waals surface area contributed by atoms with Gasteiger partial charge >= 0.3 is 12.1 Å². The zero-order valence-electron chi connectivity index (χ0n) is 15.8. The molecule has 0 aromatic carbocycles. The average Bonchev–Trinajstić information content (AvgIpc) is 2.52. The second kappa shape index (κ2) is 10.3. The summed E-state index contributed by atoms with van der Waals surface area (Å²) < 4.78 is 10.1. The molecule has 1 saturated heterocycles. The monoisotopic (exact) mass is 353 g/mol. The lowest BCUT2D eigenvalue weighted by Crippen LogP contribution is -2.41. The van der Waals surface area contributed by atoms with Gasteiger partial charge in [-0.3, -0.25) is 0 Å². The van der Waals surface area contributed by atoms with E-state index in [-0.39, 0.29) is 12.7 Å². The quantitative estimate of drug-likeness (QED) is 0.467. The molecule has 0 aromatic heterocycles. The second-order valence-electron chi connectivity index (χ2n) is 7.35. The standard InChI is InChI=1S/C19H31NO5/c1-5-24-17(22)10-9-16(21)8-6-7-15-11-13-20(14-12-15)18(23)25-19(2,3)4/h15-16,21H,5-8,11-14H2,1-4H3/t16-/m0/s1. The van der Waals surface area contributed by atoms with Crippen molar-refractivity contribution < 1.29 is 24.2 Å². The van der Waals surface area contributed by atoms with Crippen LogP contribution < -0.4 is 0 Å². The van der Waals surface area contributed by atoms with E-state index in [0.717, 1.165) is 25.7 Å². The number of hydrogen-bond donors (Lipinski definition) is 1. The van der Waals surface area contributed by atoms with Crippen molar-refractivity contribution in [3.63, 3.8) is 0 Å². The Labute approximate surface area is 150 Å². The summed E-state index contributed by atoms with van der Waals surface area (Å²) in [6.45, 7) is 9.03. The van der Waals surface area contributed by atoms with Crippen molar-refractivity contribution in [3.05, 3.63) is 0 Å². The van der Waals surface area contributed by atoms with E-state index in [1.54, 1.807) is 11.8 Å². The second-order valence-corrected chi connectivity index (χ2v) is 7.35. The molecule has 142 valence electrons. The number of ether oxygens (including phenoxy) is 2. The van der Waals surface area contributed by atoms with Crippen LogP contribution in [0.25, 0.3) is 0 Å². The third-order valence-electron chi connectivity index (χ3n) is 3.97. The van der Waals surface area contributed by atoms with Gasteiger partial charge in [0, 0.05) is 19.0 Å². The van der Waals surface area contributed by atoms with E-state index in [1.165, 1.54) is 0 Å². The van der Waals surface area contributed by atoms with Gasteiger partial charge < -0.3 is 19.5 Å². The van der Waals surface area contributed by atoms with E-state index in [4.69, 9.17) is 4.74 Å². The number of likely N-dealkylation sites (tertiary alicyclic amines) is 1. The maximum absolute atomic E-state index is 12.0. The Bertz CT molecular complexity index is 492. The van der Waals surface area contributed by atoms with Crippen molar-refractivity contribution in [1.29, 1.82) is 0 Å². The Kier molecular flexibility index (Phi) is 8.77. The number of carbonyl (C=O) groups is 2. The van der Waals surface area contributed by atoms with Gasteiger partial charge in [0.05, 0.1) is 6.61 Å². The highest BCUT2D eigenvalue weighted by Crippen LogP contribution is 2.24. The Balaban J connectivity index is 2.22. The van der Waals surface area contributed by atoms with Gasteiger partial charge in [-0.15, -0.1) is 0 Å². The predicted octanol–water partition coefficient (Wildman–Crippen LogP) is 2.73. The van der Waals surface area contributed by atoms with Crippen LogP contribution in [-0.4, -0.2) is 53.5 Å². The molecule has 0 aliphatic carbocycles. The van der Waals surface area contributed by atoms with Gasteiger partial charge in [-0.25, -0.2) is 9.59 Å². The van der Waals surface area contributed by atoms with Crippen LogP contribution in [0.4, 0.5) is 4.79 Å². The first-order chi connectivity index (χ1) is 11.7. The van der Waals surface area contributed by atoms with Crippen molar-refractivity contribution in [1.82, 2.24) is 4.90 Å². The number of hydrogen-bond acceptors (Lipinski definition) is 5. The summed E-state index contributed by atoms with van der Waals surface area (Å²) in [5, 5.41) is 9.77. The molecule has 1 N–H and O–H groups in total. The number of rotatable bonds is 5. The molecule has 1 atom stereocenters. The lowest BCUT2D eigenvalue weighted by molar-refractivity contribution is -0.136. The van der Waals surface area contributed by atoms with Crippen LogP contribution >= 0.6 is 0 Å². The normalized spacial score (nSPS) is 16.6. The number of amides is 1. The van der Waals surface area contributed by atoms with E-state index in [0.29, 0.717) is 25.4 Å². The Hall–Kier alpha value is -1.74. The molecule has 25 heavy (non-hydrogen) atoms. The van der Waals surface area contributed by atoms with Crippen LogP contribution in [0.15, 0.2) is 0 Å². The minimum absolute atomic E-state index is 0.240. The fourth-order valence-corrected chi connectivity index (χ4v) is 2.71. The molecule has 0 spiro atoms. The third kappa shape index (κ3) is 9.35. The molecule has 0 bridgehead atoms. The minimum atomic E-state index is -0.800. The third-order valence-corrected chi connectivity index (χ3v) is 3.97. The summed E-state index contributed by atoms with van der Waals surface area (Å²) in [5.41, 5.74) is -0.464. The average molecular weight is 353 g/mol. The molecule has 6 heteroatoms. The number of nitrogens with zero attached hydrogens (tertiary/aromatic N) is 1. The van der Waals surface area contributed by atoms with E-state index >= 15 is 0 Å². The summed E-state index contributed by atoms with van der Waals surface area (Å²) in [7, 11) is 0. The first-order valence-corrected chi connectivity index (χ1v) is 9.05. The molecule has 1 rings (SSSR count). The number of carbonyl (C=O) groups excluding carboxylic acids is 2. The molecule has 1 fully saturated rings. The molecule has 0 radical (unpaired) electrons. The van der Waals surface area contributed by atoms with Gasteiger partial charge in [0.25, 0.3) is 0 Å². The molecule has 1 amide bonds. The lowest BCUT2D eigenvalue weighted by Gasteiger charge is -2.33. The summed E-state index contributed by atoms with van der Waals surface area (Å²) in [4.78, 5) is 24.9. The Morgan fingerprint density at radius 3 is 2.48 bits per heavy atom. The summed E-state index contributed by atoms with van der Waals surface area (Å²) in [5.74, 6) is 4.74. The van der Waals surface area contributed by atoms with Crippen LogP contribution in [0.3, 0.4) is 0 Å². The fraction of sp³-hybridized carbons (Fsp3) is 0.789. The molecule has 0 saturated carbocycles. The van der Waals surface area contributed by atoms with Crippen LogP contribution in [0.1, 0.15) is 59.8 Å². The van der Waals surface area contributed by atoms with E-state index in [2.05, 4.69) is 16.6 Å². The summed E-state index contributed by atoms with van der Waals surface area (Å²) >= 11 is 0. The maximum atomic E-state index is 12.0. The largest absolute Gasteiger partial charge is 0.456 e. The molecule has 0 aromatic rings. The van der Waals surface area contributed by atoms with E-state index in [9.17, 15) is 14.7 Å². The number of aliphatic hydroxyl groups is 1. The lowest BCUT2D eigenvalue weighted by atomic mass is 9.91. The molecule has 6 nitrogen and oxygen atoms in total. The van der Waals surface area contributed by atoms with Crippen molar-refractivity contribution in [2.75, 3.05) is 19.7 Å². The zero-order chi connectivity index (χ0) is 18.9. The van der Waals surface area contributed by atoms with Gasteiger partial charge in [0.2, 0.25) is 0 Å². The molecule has 1 aliphatic rings. The van der Waals surface area contributed by atoms with Crippen molar-refractivity contribution in [3.8, 4) is 11.8 Å². The summed E-state index contributed by atoms with van der Waals surface area (Å²) in [6, 6.07) is 0. The minimum Gasteiger partial charge on any atom is -0.456 e. The van der Waals surface area contributed by atoms with Crippen LogP contribution in [0, 0.1) is 17.8 Å². The molecule has 1 heterocycles. The summed E-state index contributed by atoms with van der Waals surface area (Å²) in [6.07, 6.45) is 3.23. The van der Waals surface area contributed by atoms with Gasteiger partial charge in [-0.2, -0.15) is 0 Å². The highest BCUT2D eigenvalue weighted by molar-refractivity contribution is 5.88. The smallest absolute Gasteiger partial charge is 0.410 e. The Morgan fingerprint density at radius 2 is 1.92 bits per heavy atom. The van der Waals surface area contributed by atoms with Crippen LogP contribution in [0.2, 0.25) is 0 Å². The fourth-order valence-electron chi connectivity index (χ4n) is 2.71. The van der Waals surface area contributed by atoms with Gasteiger partial charge in [-0.05, 0) is 59.3 Å². The van der Waals surface area contributed by atoms with Crippen molar-refractivity contribution >= 4 is 12.1 Å². The SMILES string of the molecule is CCOC(=O)C#C[C@@H](O)CCCC1CCN(C(=O)OC(C)(C)C)CC1. The Morgan fingerprint density at radius 1 is 1.28 bits per heavy atom. The van der Waals surface area contributed by atoms with E-state index in [1.807, 2.05) is 20.8 Å². The number of esters is 1. The predicted molar refractivity (Wildman–Crippen MR) is 94.8 cm³/mol.